The number of carbonyl (C=O) groups excluding carboxylic acids is 1. The number of aromatic nitrogens is 1. The van der Waals surface area contributed by atoms with Gasteiger partial charge < -0.3 is 9.80 Å². The molecule has 22 heavy (non-hydrogen) atoms. The summed E-state index contributed by atoms with van der Waals surface area (Å²) in [5, 5.41) is 1.76. The zero-order valence-corrected chi connectivity index (χ0v) is 14.7. The summed E-state index contributed by atoms with van der Waals surface area (Å²) >= 11 is 7.92. The van der Waals surface area contributed by atoms with Crippen molar-refractivity contribution in [1.82, 2.24) is 9.88 Å². The number of thiazole rings is 1. The number of anilines is 1. The van der Waals surface area contributed by atoms with Crippen LogP contribution in [0.25, 0.3) is 10.2 Å². The van der Waals surface area contributed by atoms with E-state index in [0.717, 1.165) is 52.1 Å². The molecule has 0 unspecified atom stereocenters. The van der Waals surface area contributed by atoms with Gasteiger partial charge in [-0.05, 0) is 18.6 Å². The molecule has 118 valence electrons. The fourth-order valence-corrected chi connectivity index (χ4v) is 4.08. The van der Waals surface area contributed by atoms with E-state index in [1.54, 1.807) is 11.3 Å². The maximum atomic E-state index is 12.0. The van der Waals surface area contributed by atoms with E-state index in [1.807, 2.05) is 30.9 Å². The van der Waals surface area contributed by atoms with Gasteiger partial charge >= 0.3 is 0 Å². The first kappa shape index (κ1) is 15.6. The molecule has 1 aromatic heterocycles. The van der Waals surface area contributed by atoms with Crippen LogP contribution in [0.3, 0.4) is 0 Å². The quantitative estimate of drug-likeness (QED) is 0.840. The molecule has 6 heteroatoms. The lowest BCUT2D eigenvalue weighted by atomic mass is 10.1. The van der Waals surface area contributed by atoms with E-state index in [1.165, 1.54) is 0 Å². The van der Waals surface area contributed by atoms with E-state index in [-0.39, 0.29) is 11.8 Å². The van der Waals surface area contributed by atoms with Crippen LogP contribution >= 0.6 is 22.9 Å². The second kappa shape index (κ2) is 6.05. The van der Waals surface area contributed by atoms with Gasteiger partial charge in [0.2, 0.25) is 5.91 Å². The second-order valence-corrected chi connectivity index (χ2v) is 7.39. The van der Waals surface area contributed by atoms with E-state index in [0.29, 0.717) is 0 Å². The Morgan fingerprint density at radius 1 is 1.27 bits per heavy atom. The van der Waals surface area contributed by atoms with Gasteiger partial charge in [-0.3, -0.25) is 4.79 Å². The Hall–Kier alpha value is -1.33. The first-order chi connectivity index (χ1) is 10.5. The Bertz CT molecular complexity index is 666. The Balaban J connectivity index is 1.78. The van der Waals surface area contributed by atoms with Crippen LogP contribution in [0.1, 0.15) is 19.4 Å². The van der Waals surface area contributed by atoms with E-state index in [4.69, 9.17) is 16.6 Å². The first-order valence-corrected chi connectivity index (χ1v) is 8.76. The highest BCUT2D eigenvalue weighted by Gasteiger charge is 2.24. The van der Waals surface area contributed by atoms with Crippen molar-refractivity contribution in [3.8, 4) is 0 Å². The molecule has 0 spiro atoms. The molecule has 4 nitrogen and oxygen atoms in total. The summed E-state index contributed by atoms with van der Waals surface area (Å²) in [6, 6.07) is 3.94. The van der Waals surface area contributed by atoms with Gasteiger partial charge in [-0.15, -0.1) is 0 Å². The Morgan fingerprint density at radius 3 is 2.55 bits per heavy atom. The molecule has 3 rings (SSSR count). The fraction of sp³-hybridized carbons (Fsp3) is 0.500. The normalized spacial score (nSPS) is 15.9. The Labute approximate surface area is 139 Å². The number of hydrogen-bond donors (Lipinski definition) is 0. The number of fused-ring (bicyclic) bond motifs is 1. The molecule has 0 saturated carbocycles. The van der Waals surface area contributed by atoms with Crippen LogP contribution in [0.4, 0.5) is 5.13 Å². The van der Waals surface area contributed by atoms with Crippen molar-refractivity contribution >= 4 is 44.2 Å². The molecule has 1 fully saturated rings. The fourth-order valence-electron chi connectivity index (χ4n) is 2.71. The van der Waals surface area contributed by atoms with Crippen molar-refractivity contribution in [2.24, 2.45) is 5.92 Å². The third kappa shape index (κ3) is 2.79. The number of benzene rings is 1. The number of rotatable bonds is 2. The average molecular weight is 338 g/mol. The van der Waals surface area contributed by atoms with Gasteiger partial charge in [0.1, 0.15) is 0 Å². The molecule has 1 amide bonds. The monoisotopic (exact) mass is 337 g/mol. The number of aryl methyl sites for hydroxylation is 1. The summed E-state index contributed by atoms with van der Waals surface area (Å²) in [7, 11) is 0. The van der Waals surface area contributed by atoms with E-state index < -0.39 is 0 Å². The summed E-state index contributed by atoms with van der Waals surface area (Å²) in [6.07, 6.45) is 0. The molecule has 2 heterocycles. The minimum atomic E-state index is 0.0652. The van der Waals surface area contributed by atoms with Crippen LogP contribution in [-0.4, -0.2) is 42.0 Å². The summed E-state index contributed by atoms with van der Waals surface area (Å²) in [6.45, 7) is 9.14. The predicted octanol–water partition coefficient (Wildman–Crippen LogP) is 3.56. The summed E-state index contributed by atoms with van der Waals surface area (Å²) < 4.78 is 1.05. The molecule has 0 N–H and O–H groups in total. The van der Waals surface area contributed by atoms with Crippen LogP contribution in [0, 0.1) is 12.8 Å². The molecule has 1 saturated heterocycles. The van der Waals surface area contributed by atoms with Crippen molar-refractivity contribution in [1.29, 1.82) is 0 Å². The molecule has 1 aliphatic heterocycles. The van der Waals surface area contributed by atoms with E-state index in [2.05, 4.69) is 11.8 Å². The lowest BCUT2D eigenvalue weighted by molar-refractivity contribution is -0.134. The number of nitrogens with zero attached hydrogens (tertiary/aromatic N) is 3. The van der Waals surface area contributed by atoms with Gasteiger partial charge in [-0.25, -0.2) is 4.98 Å². The van der Waals surface area contributed by atoms with Crippen molar-refractivity contribution in [2.75, 3.05) is 31.1 Å². The largest absolute Gasteiger partial charge is 0.345 e. The highest BCUT2D eigenvalue weighted by Crippen LogP contribution is 2.35. The second-order valence-electron chi connectivity index (χ2n) is 6.01. The molecule has 1 aliphatic rings. The van der Waals surface area contributed by atoms with Gasteiger partial charge in [0.25, 0.3) is 0 Å². The maximum absolute atomic E-state index is 12.0. The molecule has 2 aromatic rings. The van der Waals surface area contributed by atoms with Gasteiger partial charge in [-0.2, -0.15) is 0 Å². The molecular formula is C16H20ClN3OS. The molecule has 0 atom stereocenters. The van der Waals surface area contributed by atoms with E-state index in [9.17, 15) is 4.79 Å². The number of hydrogen-bond acceptors (Lipinski definition) is 4. The molecule has 0 radical (unpaired) electrons. The summed E-state index contributed by atoms with van der Waals surface area (Å²) in [5.41, 5.74) is 2.14. The number of carbonyl (C=O) groups is 1. The van der Waals surface area contributed by atoms with Gasteiger partial charge in [-0.1, -0.05) is 42.9 Å². The SMILES string of the molecule is Cc1ccc(Cl)c2sc(N3CCN(C(=O)C(C)C)CC3)nc12. The van der Waals surface area contributed by atoms with Gasteiger partial charge in [0, 0.05) is 32.1 Å². The molecule has 0 bridgehead atoms. The highest BCUT2D eigenvalue weighted by molar-refractivity contribution is 7.22. The zero-order chi connectivity index (χ0) is 15.9. The minimum Gasteiger partial charge on any atom is -0.345 e. The van der Waals surface area contributed by atoms with Crippen LogP contribution in [0.2, 0.25) is 5.02 Å². The number of halogens is 1. The van der Waals surface area contributed by atoms with Crippen molar-refractivity contribution < 1.29 is 4.79 Å². The predicted molar refractivity (Wildman–Crippen MR) is 93.0 cm³/mol. The standard InChI is InChI=1S/C16H20ClN3OS/c1-10(2)15(21)19-6-8-20(9-7-19)16-18-13-11(3)4-5-12(17)14(13)22-16/h4-5,10H,6-9H2,1-3H3. The number of amides is 1. The van der Waals surface area contributed by atoms with E-state index >= 15 is 0 Å². The van der Waals surface area contributed by atoms with Crippen LogP contribution < -0.4 is 4.90 Å². The highest BCUT2D eigenvalue weighted by atomic mass is 35.5. The summed E-state index contributed by atoms with van der Waals surface area (Å²) in [5.74, 6) is 0.304. The van der Waals surface area contributed by atoms with Gasteiger partial charge in [0.15, 0.2) is 5.13 Å². The first-order valence-electron chi connectivity index (χ1n) is 7.56. The maximum Gasteiger partial charge on any atom is 0.225 e. The smallest absolute Gasteiger partial charge is 0.225 e. The van der Waals surface area contributed by atoms with Crippen LogP contribution in [0.5, 0.6) is 0 Å². The summed E-state index contributed by atoms with van der Waals surface area (Å²) in [4.78, 5) is 21.0. The van der Waals surface area contributed by atoms with Crippen LogP contribution in [-0.2, 0) is 4.79 Å². The van der Waals surface area contributed by atoms with Crippen LogP contribution in [0.15, 0.2) is 12.1 Å². The zero-order valence-electron chi connectivity index (χ0n) is 13.1. The van der Waals surface area contributed by atoms with Crippen molar-refractivity contribution in [2.45, 2.75) is 20.8 Å². The lowest BCUT2D eigenvalue weighted by Crippen LogP contribution is -2.49. The van der Waals surface area contributed by atoms with Crippen molar-refractivity contribution in [3.63, 3.8) is 0 Å². The molecule has 0 aliphatic carbocycles. The van der Waals surface area contributed by atoms with Crippen molar-refractivity contribution in [3.05, 3.63) is 22.7 Å². The number of piperazine rings is 1. The lowest BCUT2D eigenvalue weighted by Gasteiger charge is -2.35. The third-order valence-corrected chi connectivity index (χ3v) is 5.62. The van der Waals surface area contributed by atoms with Gasteiger partial charge in [0.05, 0.1) is 15.2 Å². The minimum absolute atomic E-state index is 0.0652. The molecular weight excluding hydrogens is 318 g/mol. The Morgan fingerprint density at radius 2 is 1.95 bits per heavy atom. The topological polar surface area (TPSA) is 36.4 Å². The Kier molecular flexibility index (Phi) is 4.28. The molecule has 1 aromatic carbocycles. The average Bonchev–Trinajstić information content (AvgIpc) is 2.97. The third-order valence-electron chi connectivity index (χ3n) is 4.04.